The fraction of sp³-hybridized carbons (Fsp3) is 0.158. The molecule has 0 radical (unpaired) electrons. The largest absolute Gasteiger partial charge is 0.292 e. The van der Waals surface area contributed by atoms with Crippen molar-refractivity contribution in [2.24, 2.45) is 12.1 Å². The quantitative estimate of drug-likeness (QED) is 0.729. The Bertz CT molecular complexity index is 1080. The predicted molar refractivity (Wildman–Crippen MR) is 95.8 cm³/mol. The van der Waals surface area contributed by atoms with E-state index in [-0.39, 0.29) is 11.3 Å². The van der Waals surface area contributed by atoms with E-state index >= 15 is 0 Å². The molecule has 0 fully saturated rings. The van der Waals surface area contributed by atoms with Gasteiger partial charge in [0.1, 0.15) is 0 Å². The van der Waals surface area contributed by atoms with Crippen molar-refractivity contribution < 1.29 is 4.79 Å². The summed E-state index contributed by atoms with van der Waals surface area (Å²) in [7, 11) is 1.53. The number of hydrogen-bond acceptors (Lipinski definition) is 4. The first kappa shape index (κ1) is 15.3. The summed E-state index contributed by atoms with van der Waals surface area (Å²) < 4.78 is 1.18. The summed E-state index contributed by atoms with van der Waals surface area (Å²) in [6, 6.07) is 15.0. The molecule has 3 aromatic rings. The zero-order chi connectivity index (χ0) is 17.4. The molecular weight excluding hydrogens is 316 g/mol. The van der Waals surface area contributed by atoms with Crippen molar-refractivity contribution in [3.8, 4) is 0 Å². The number of carbonyl (C=O) groups excluding carboxylic acids is 1. The zero-order valence-corrected chi connectivity index (χ0v) is 13.7. The molecule has 25 heavy (non-hydrogen) atoms. The van der Waals surface area contributed by atoms with E-state index in [1.54, 1.807) is 24.3 Å². The maximum absolute atomic E-state index is 12.6. The number of aromatic nitrogens is 2. The maximum Gasteiger partial charge on any atom is 0.292 e. The topological polar surface area (TPSA) is 76.3 Å². The SMILES string of the molecule is Cn1nc(C(=O)N/N=C2\CCc3ccccc32)c2ccccc2c1=O. The number of hydrogen-bond donors (Lipinski definition) is 1. The van der Waals surface area contributed by atoms with Crippen molar-refractivity contribution >= 4 is 22.4 Å². The van der Waals surface area contributed by atoms with Gasteiger partial charge in [0.2, 0.25) is 0 Å². The third-order valence-electron chi connectivity index (χ3n) is 4.42. The van der Waals surface area contributed by atoms with Gasteiger partial charge in [-0.3, -0.25) is 9.59 Å². The molecule has 1 aliphatic rings. The smallest absolute Gasteiger partial charge is 0.267 e. The Labute approximate surface area is 143 Å². The summed E-state index contributed by atoms with van der Waals surface area (Å²) in [5.74, 6) is -0.427. The van der Waals surface area contributed by atoms with E-state index in [1.807, 2.05) is 18.2 Å². The van der Waals surface area contributed by atoms with Crippen LogP contribution in [0.25, 0.3) is 10.8 Å². The molecule has 0 saturated heterocycles. The van der Waals surface area contributed by atoms with Crippen LogP contribution >= 0.6 is 0 Å². The lowest BCUT2D eigenvalue weighted by Gasteiger charge is -2.07. The monoisotopic (exact) mass is 332 g/mol. The predicted octanol–water partition coefficient (Wildman–Crippen LogP) is 2.01. The highest BCUT2D eigenvalue weighted by atomic mass is 16.2. The lowest BCUT2D eigenvalue weighted by molar-refractivity contribution is 0.0949. The Balaban J connectivity index is 1.69. The number of carbonyl (C=O) groups is 1. The van der Waals surface area contributed by atoms with Gasteiger partial charge in [0.05, 0.1) is 11.1 Å². The minimum absolute atomic E-state index is 0.188. The molecule has 0 unspecified atom stereocenters. The fourth-order valence-corrected chi connectivity index (χ4v) is 3.16. The second-order valence-electron chi connectivity index (χ2n) is 5.98. The molecule has 0 atom stereocenters. The molecule has 0 spiro atoms. The summed E-state index contributed by atoms with van der Waals surface area (Å²) in [4.78, 5) is 24.7. The average Bonchev–Trinajstić information content (AvgIpc) is 3.06. The van der Waals surface area contributed by atoms with Crippen molar-refractivity contribution in [3.05, 3.63) is 75.7 Å². The van der Waals surface area contributed by atoms with Gasteiger partial charge < -0.3 is 0 Å². The molecule has 0 saturated carbocycles. The number of nitrogens with zero attached hydrogens (tertiary/aromatic N) is 3. The minimum Gasteiger partial charge on any atom is -0.267 e. The number of benzene rings is 2. The molecular formula is C19H16N4O2. The molecule has 2 aromatic carbocycles. The van der Waals surface area contributed by atoms with Crippen LogP contribution in [-0.2, 0) is 13.5 Å². The number of hydrazone groups is 1. The number of aryl methyl sites for hydroxylation is 2. The highest BCUT2D eigenvalue weighted by Gasteiger charge is 2.19. The van der Waals surface area contributed by atoms with Crippen LogP contribution in [0.15, 0.2) is 58.4 Å². The van der Waals surface area contributed by atoms with Gasteiger partial charge in [0, 0.05) is 18.0 Å². The number of fused-ring (bicyclic) bond motifs is 2. The van der Waals surface area contributed by atoms with Crippen LogP contribution in [0.1, 0.15) is 28.0 Å². The van der Waals surface area contributed by atoms with Crippen LogP contribution in [0.5, 0.6) is 0 Å². The van der Waals surface area contributed by atoms with Crippen molar-refractivity contribution in [1.29, 1.82) is 0 Å². The Kier molecular flexibility index (Phi) is 3.65. The van der Waals surface area contributed by atoms with E-state index in [0.717, 1.165) is 24.1 Å². The summed E-state index contributed by atoms with van der Waals surface area (Å²) in [5, 5.41) is 9.39. The number of nitrogens with one attached hydrogen (secondary N) is 1. The highest BCUT2D eigenvalue weighted by Crippen LogP contribution is 2.21. The van der Waals surface area contributed by atoms with Crippen LogP contribution in [0.2, 0.25) is 0 Å². The second kappa shape index (κ2) is 5.98. The fourth-order valence-electron chi connectivity index (χ4n) is 3.16. The van der Waals surface area contributed by atoms with Gasteiger partial charge in [0.15, 0.2) is 5.69 Å². The second-order valence-corrected chi connectivity index (χ2v) is 5.98. The van der Waals surface area contributed by atoms with Crippen LogP contribution in [-0.4, -0.2) is 21.4 Å². The number of rotatable bonds is 2. The molecule has 124 valence electrons. The Morgan fingerprint density at radius 2 is 1.80 bits per heavy atom. The Morgan fingerprint density at radius 1 is 1.08 bits per heavy atom. The first-order valence-electron chi connectivity index (χ1n) is 8.06. The lowest BCUT2D eigenvalue weighted by Crippen LogP contribution is -2.27. The maximum atomic E-state index is 12.6. The molecule has 0 aliphatic heterocycles. The van der Waals surface area contributed by atoms with E-state index in [1.165, 1.54) is 17.3 Å². The van der Waals surface area contributed by atoms with Gasteiger partial charge in [-0.05, 0) is 24.5 Å². The summed E-state index contributed by atoms with van der Waals surface area (Å²) in [5.41, 5.74) is 5.71. The highest BCUT2D eigenvalue weighted by molar-refractivity contribution is 6.07. The Morgan fingerprint density at radius 3 is 2.64 bits per heavy atom. The third kappa shape index (κ3) is 2.61. The molecule has 1 amide bonds. The molecule has 6 heteroatoms. The van der Waals surface area contributed by atoms with E-state index in [4.69, 9.17) is 0 Å². The molecule has 1 heterocycles. The summed E-state index contributed by atoms with van der Waals surface area (Å²) in [6.45, 7) is 0. The first-order valence-corrected chi connectivity index (χ1v) is 8.06. The summed E-state index contributed by atoms with van der Waals surface area (Å²) in [6.07, 6.45) is 1.72. The van der Waals surface area contributed by atoms with E-state index in [9.17, 15) is 9.59 Å². The number of amides is 1. The van der Waals surface area contributed by atoms with Crippen LogP contribution < -0.4 is 11.0 Å². The van der Waals surface area contributed by atoms with Crippen molar-refractivity contribution in [2.45, 2.75) is 12.8 Å². The summed E-state index contributed by atoms with van der Waals surface area (Å²) >= 11 is 0. The van der Waals surface area contributed by atoms with E-state index in [0.29, 0.717) is 10.8 Å². The van der Waals surface area contributed by atoms with E-state index < -0.39 is 5.91 Å². The lowest BCUT2D eigenvalue weighted by atomic mass is 10.1. The minimum atomic E-state index is -0.427. The average molecular weight is 332 g/mol. The standard InChI is InChI=1S/C19H16N4O2/c1-23-19(25)15-9-5-4-8-14(15)17(22-23)18(24)21-20-16-11-10-12-6-2-3-7-13(12)16/h2-9H,10-11H2,1H3,(H,21,24)/b20-16+. The van der Waals surface area contributed by atoms with Crippen LogP contribution in [0.3, 0.4) is 0 Å². The normalized spacial score (nSPS) is 14.7. The van der Waals surface area contributed by atoms with Gasteiger partial charge in [-0.25, -0.2) is 10.1 Å². The van der Waals surface area contributed by atoms with Gasteiger partial charge >= 0.3 is 0 Å². The van der Waals surface area contributed by atoms with Crippen LogP contribution in [0.4, 0.5) is 0 Å². The van der Waals surface area contributed by atoms with Crippen molar-refractivity contribution in [1.82, 2.24) is 15.2 Å². The van der Waals surface area contributed by atoms with Gasteiger partial charge in [-0.2, -0.15) is 10.2 Å². The zero-order valence-electron chi connectivity index (χ0n) is 13.7. The third-order valence-corrected chi connectivity index (χ3v) is 4.42. The molecule has 1 N–H and O–H groups in total. The van der Waals surface area contributed by atoms with Crippen LogP contribution in [0, 0.1) is 0 Å². The van der Waals surface area contributed by atoms with E-state index in [2.05, 4.69) is 21.7 Å². The first-order chi connectivity index (χ1) is 12.1. The van der Waals surface area contributed by atoms with Gasteiger partial charge in [0.25, 0.3) is 11.5 Å². The molecule has 6 nitrogen and oxygen atoms in total. The molecule has 1 aromatic heterocycles. The van der Waals surface area contributed by atoms with Gasteiger partial charge in [-0.15, -0.1) is 0 Å². The molecule has 1 aliphatic carbocycles. The Hall–Kier alpha value is -3.28. The molecule has 0 bridgehead atoms. The van der Waals surface area contributed by atoms with Gasteiger partial charge in [-0.1, -0.05) is 42.5 Å². The molecule has 4 rings (SSSR count). The van der Waals surface area contributed by atoms with Crippen molar-refractivity contribution in [2.75, 3.05) is 0 Å². The van der Waals surface area contributed by atoms with Crippen molar-refractivity contribution in [3.63, 3.8) is 0 Å².